The van der Waals surface area contributed by atoms with Crippen LogP contribution in [0.3, 0.4) is 0 Å². The molecule has 0 aliphatic heterocycles. The van der Waals surface area contributed by atoms with Gasteiger partial charge in [0.05, 0.1) is 12.5 Å². The highest BCUT2D eigenvalue weighted by Gasteiger charge is 2.29. The Kier molecular flexibility index (Phi) is 4.11. The summed E-state index contributed by atoms with van der Waals surface area (Å²) in [7, 11) is 0. The predicted molar refractivity (Wildman–Crippen MR) is 52.8 cm³/mol. The molecule has 1 aliphatic rings. The second kappa shape index (κ2) is 5.13. The van der Waals surface area contributed by atoms with Gasteiger partial charge in [-0.25, -0.2) is 0 Å². The first-order chi connectivity index (χ1) is 6.65. The number of hydrogen-bond donors (Lipinski definition) is 0. The molecule has 3 heteroatoms. The van der Waals surface area contributed by atoms with Crippen molar-refractivity contribution >= 4 is 11.8 Å². The number of ketones is 1. The van der Waals surface area contributed by atoms with Crippen LogP contribution in [0.5, 0.6) is 0 Å². The van der Waals surface area contributed by atoms with E-state index in [0.717, 1.165) is 12.8 Å². The van der Waals surface area contributed by atoms with E-state index >= 15 is 0 Å². The van der Waals surface area contributed by atoms with E-state index in [0.29, 0.717) is 19.4 Å². The molecule has 80 valence electrons. The summed E-state index contributed by atoms with van der Waals surface area (Å²) in [6.45, 7) is 4.09. The zero-order valence-electron chi connectivity index (χ0n) is 8.91. The molecular weight excluding hydrogens is 180 g/mol. The van der Waals surface area contributed by atoms with Gasteiger partial charge in [0.2, 0.25) is 0 Å². The third kappa shape index (κ3) is 2.82. The lowest BCUT2D eigenvalue weighted by Gasteiger charge is -2.25. The summed E-state index contributed by atoms with van der Waals surface area (Å²) in [4.78, 5) is 22.6. The highest BCUT2D eigenvalue weighted by Crippen LogP contribution is 2.28. The van der Waals surface area contributed by atoms with Crippen molar-refractivity contribution < 1.29 is 14.3 Å². The maximum Gasteiger partial charge on any atom is 0.308 e. The zero-order valence-corrected chi connectivity index (χ0v) is 8.91. The van der Waals surface area contributed by atoms with Crippen LogP contribution >= 0.6 is 0 Å². The summed E-state index contributed by atoms with van der Waals surface area (Å²) >= 11 is 0. The van der Waals surface area contributed by atoms with Gasteiger partial charge in [-0.05, 0) is 25.7 Å². The number of carbonyl (C=O) groups is 2. The second-order valence-electron chi connectivity index (χ2n) is 3.94. The van der Waals surface area contributed by atoms with Gasteiger partial charge < -0.3 is 4.74 Å². The molecule has 3 nitrogen and oxygen atoms in total. The highest BCUT2D eigenvalue weighted by atomic mass is 16.5. The molecule has 1 aliphatic carbocycles. The summed E-state index contributed by atoms with van der Waals surface area (Å²) in [5.74, 6) is 0.207. The lowest BCUT2D eigenvalue weighted by molar-refractivity contribution is -0.150. The minimum absolute atomic E-state index is 0.126. The number of esters is 1. The van der Waals surface area contributed by atoms with Gasteiger partial charge in [-0.15, -0.1) is 0 Å². The summed E-state index contributed by atoms with van der Waals surface area (Å²) in [6, 6.07) is 0. The van der Waals surface area contributed by atoms with Crippen LogP contribution in [0.1, 0.15) is 39.5 Å². The lowest BCUT2D eigenvalue weighted by atomic mass is 9.80. The van der Waals surface area contributed by atoms with E-state index in [1.165, 1.54) is 0 Å². The molecule has 0 radical (unpaired) electrons. The van der Waals surface area contributed by atoms with Gasteiger partial charge in [0.15, 0.2) is 0 Å². The summed E-state index contributed by atoms with van der Waals surface area (Å²) in [6.07, 6.45) is 3.14. The van der Waals surface area contributed by atoms with E-state index in [2.05, 4.69) is 0 Å². The largest absolute Gasteiger partial charge is 0.466 e. The van der Waals surface area contributed by atoms with Gasteiger partial charge in [-0.1, -0.05) is 6.92 Å². The van der Waals surface area contributed by atoms with Gasteiger partial charge in [0.25, 0.3) is 0 Å². The Morgan fingerprint density at radius 2 is 2.36 bits per heavy atom. The standard InChI is InChI=1S/C11H18O3/c1-3-14-11(13)8(2)9-5-4-6-10(12)7-9/h8-9H,3-7H2,1-2H3. The molecule has 2 atom stereocenters. The third-order valence-corrected chi connectivity index (χ3v) is 2.89. The molecule has 0 aromatic carbocycles. The second-order valence-corrected chi connectivity index (χ2v) is 3.94. The number of rotatable bonds is 3. The third-order valence-electron chi connectivity index (χ3n) is 2.89. The topological polar surface area (TPSA) is 43.4 Å². The predicted octanol–water partition coefficient (Wildman–Crippen LogP) is 1.94. The fourth-order valence-corrected chi connectivity index (χ4v) is 1.95. The maximum absolute atomic E-state index is 11.4. The van der Waals surface area contributed by atoms with Crippen molar-refractivity contribution in [1.29, 1.82) is 0 Å². The van der Waals surface area contributed by atoms with Gasteiger partial charge in [0, 0.05) is 12.8 Å². The Hall–Kier alpha value is -0.860. The van der Waals surface area contributed by atoms with E-state index in [9.17, 15) is 9.59 Å². The van der Waals surface area contributed by atoms with Crippen LogP contribution in [-0.4, -0.2) is 18.4 Å². The molecule has 2 unspecified atom stereocenters. The van der Waals surface area contributed by atoms with E-state index in [1.807, 2.05) is 6.92 Å². The number of hydrogen-bond acceptors (Lipinski definition) is 3. The van der Waals surface area contributed by atoms with Crippen molar-refractivity contribution in [1.82, 2.24) is 0 Å². The quantitative estimate of drug-likeness (QED) is 0.651. The average molecular weight is 198 g/mol. The van der Waals surface area contributed by atoms with Crippen LogP contribution < -0.4 is 0 Å². The first-order valence-corrected chi connectivity index (χ1v) is 5.33. The molecule has 1 rings (SSSR count). The SMILES string of the molecule is CCOC(=O)C(C)C1CCCC(=O)C1. The van der Waals surface area contributed by atoms with Crippen molar-refractivity contribution in [3.05, 3.63) is 0 Å². The van der Waals surface area contributed by atoms with Gasteiger partial charge in [0.1, 0.15) is 5.78 Å². The molecule has 0 N–H and O–H groups in total. The van der Waals surface area contributed by atoms with Crippen LogP contribution in [0.2, 0.25) is 0 Å². The molecule has 0 bridgehead atoms. The molecule has 0 saturated heterocycles. The summed E-state index contributed by atoms with van der Waals surface area (Å²) in [5, 5.41) is 0. The fraction of sp³-hybridized carbons (Fsp3) is 0.818. The molecule has 0 amide bonds. The number of ether oxygens (including phenoxy) is 1. The molecule has 1 saturated carbocycles. The minimum Gasteiger partial charge on any atom is -0.466 e. The monoisotopic (exact) mass is 198 g/mol. The van der Waals surface area contributed by atoms with E-state index in [4.69, 9.17) is 4.74 Å². The summed E-state index contributed by atoms with van der Waals surface area (Å²) in [5.41, 5.74) is 0. The Morgan fingerprint density at radius 1 is 1.64 bits per heavy atom. The van der Waals surface area contributed by atoms with Crippen LogP contribution in [0.15, 0.2) is 0 Å². The molecular formula is C11H18O3. The van der Waals surface area contributed by atoms with E-state index < -0.39 is 0 Å². The number of carbonyl (C=O) groups excluding carboxylic acids is 2. The maximum atomic E-state index is 11.4. The first kappa shape index (κ1) is 11.2. The zero-order chi connectivity index (χ0) is 10.6. The fourth-order valence-electron chi connectivity index (χ4n) is 1.95. The Bertz CT molecular complexity index is 223. The number of Topliss-reactive ketones (excluding diaryl/α,β-unsaturated/α-hetero) is 1. The van der Waals surface area contributed by atoms with Crippen molar-refractivity contribution in [2.24, 2.45) is 11.8 Å². The Balaban J connectivity index is 2.46. The van der Waals surface area contributed by atoms with Gasteiger partial charge in [-0.3, -0.25) is 9.59 Å². The average Bonchev–Trinajstić information content (AvgIpc) is 2.17. The van der Waals surface area contributed by atoms with Crippen LogP contribution in [-0.2, 0) is 14.3 Å². The minimum atomic E-state index is -0.160. The normalized spacial score (nSPS) is 24.4. The van der Waals surface area contributed by atoms with Crippen LogP contribution in [0, 0.1) is 11.8 Å². The Labute approximate surface area is 84.8 Å². The van der Waals surface area contributed by atoms with E-state index in [1.54, 1.807) is 6.92 Å². The van der Waals surface area contributed by atoms with Crippen LogP contribution in [0.4, 0.5) is 0 Å². The van der Waals surface area contributed by atoms with Gasteiger partial charge >= 0.3 is 5.97 Å². The molecule has 0 spiro atoms. The lowest BCUT2D eigenvalue weighted by Crippen LogP contribution is -2.27. The molecule has 0 heterocycles. The smallest absolute Gasteiger partial charge is 0.308 e. The molecule has 0 aromatic rings. The molecule has 14 heavy (non-hydrogen) atoms. The first-order valence-electron chi connectivity index (χ1n) is 5.33. The molecule has 1 fully saturated rings. The van der Waals surface area contributed by atoms with Crippen LogP contribution in [0.25, 0.3) is 0 Å². The Morgan fingerprint density at radius 3 is 2.93 bits per heavy atom. The van der Waals surface area contributed by atoms with Crippen molar-refractivity contribution in [3.8, 4) is 0 Å². The van der Waals surface area contributed by atoms with Crippen molar-refractivity contribution in [2.45, 2.75) is 39.5 Å². The summed E-state index contributed by atoms with van der Waals surface area (Å²) < 4.78 is 4.94. The van der Waals surface area contributed by atoms with Crippen molar-refractivity contribution in [2.75, 3.05) is 6.61 Å². The van der Waals surface area contributed by atoms with Crippen molar-refractivity contribution in [3.63, 3.8) is 0 Å². The van der Waals surface area contributed by atoms with E-state index in [-0.39, 0.29) is 23.6 Å². The molecule has 0 aromatic heterocycles. The van der Waals surface area contributed by atoms with Gasteiger partial charge in [-0.2, -0.15) is 0 Å². The highest BCUT2D eigenvalue weighted by molar-refractivity contribution is 5.80.